The van der Waals surface area contributed by atoms with Crippen LogP contribution in [0.3, 0.4) is 0 Å². The van der Waals surface area contributed by atoms with Crippen molar-refractivity contribution < 1.29 is 46.6 Å². The number of hydrogen-bond donors (Lipinski definition) is 2. The molecule has 338 valence electrons. The standard InChI is InChI=1S/C44H57ClF3N7O7/c45-35-27-29(26-34(40(35)49)44(46,47)48)28-37(62-43(60)54-21-12-33(13-22-54)55-23-11-32-4-1-2-5-36(32)50-42(55)59)41(58)53-19-9-31(10-20-53)30-7-16-51(17-8-30)18-14-39(57)61-25-24-52-15-3-6-38(52)56/h1-2,4-5,26-27,30-31,33,37H,3,6-25,28,49H2,(H,50,59)/t37-/m1/s1. The van der Waals surface area contributed by atoms with Crippen LogP contribution in [0.5, 0.6) is 0 Å². The maximum Gasteiger partial charge on any atom is 0.418 e. The van der Waals surface area contributed by atoms with Crippen molar-refractivity contribution in [2.24, 2.45) is 11.8 Å². The normalized spacial score (nSPS) is 20.5. The highest BCUT2D eigenvalue weighted by Gasteiger charge is 2.39. The van der Waals surface area contributed by atoms with Crippen LogP contribution in [0.4, 0.5) is 34.1 Å². The number of halogens is 4. The molecule has 5 amide bonds. The molecule has 18 heteroatoms. The topological polar surface area (TPSA) is 158 Å². The molecule has 0 saturated carbocycles. The summed E-state index contributed by atoms with van der Waals surface area (Å²) >= 11 is 6.16. The molecule has 0 spiro atoms. The van der Waals surface area contributed by atoms with Gasteiger partial charge in [0.15, 0.2) is 6.10 Å². The largest absolute Gasteiger partial charge is 0.464 e. The Bertz CT molecular complexity index is 1950. The van der Waals surface area contributed by atoms with Crippen LogP contribution in [0, 0.1) is 11.8 Å². The molecule has 1 atom stereocenters. The molecule has 2 aromatic carbocycles. The van der Waals surface area contributed by atoms with Crippen molar-refractivity contribution in [3.8, 4) is 0 Å². The molecule has 4 fully saturated rings. The molecule has 5 aliphatic rings. The zero-order valence-electron chi connectivity index (χ0n) is 35.0. The van der Waals surface area contributed by atoms with Gasteiger partial charge in [0.25, 0.3) is 5.91 Å². The molecular formula is C44H57ClF3N7O7. The van der Waals surface area contributed by atoms with Crippen LogP contribution in [-0.4, -0.2) is 139 Å². The summed E-state index contributed by atoms with van der Waals surface area (Å²) in [5.41, 5.74) is 5.84. The molecule has 7 rings (SSSR count). The number of benzene rings is 2. The summed E-state index contributed by atoms with van der Waals surface area (Å²) in [7, 11) is 0. The van der Waals surface area contributed by atoms with Crippen LogP contribution in [0.25, 0.3) is 0 Å². The summed E-state index contributed by atoms with van der Waals surface area (Å²) in [5.74, 6) is 0.165. The summed E-state index contributed by atoms with van der Waals surface area (Å²) in [6.07, 6.45) is -0.555. The summed E-state index contributed by atoms with van der Waals surface area (Å²) in [4.78, 5) is 74.1. The minimum Gasteiger partial charge on any atom is -0.464 e. The number of nitrogens with two attached hydrogens (primary N) is 1. The van der Waals surface area contributed by atoms with Gasteiger partial charge in [-0.05, 0) is 106 Å². The predicted octanol–water partition coefficient (Wildman–Crippen LogP) is 6.05. The number of para-hydroxylation sites is 1. The number of piperidine rings is 3. The first-order chi connectivity index (χ1) is 29.7. The van der Waals surface area contributed by atoms with Crippen molar-refractivity contribution in [2.75, 3.05) is 83.1 Å². The number of anilines is 2. The average Bonchev–Trinajstić information content (AvgIpc) is 3.59. The van der Waals surface area contributed by atoms with Crippen molar-refractivity contribution in [3.05, 3.63) is 58.1 Å². The van der Waals surface area contributed by atoms with E-state index in [0.717, 1.165) is 62.5 Å². The maximum absolute atomic E-state index is 14.2. The number of esters is 1. The van der Waals surface area contributed by atoms with Crippen molar-refractivity contribution in [2.45, 2.75) is 89.0 Å². The Labute approximate surface area is 365 Å². The second kappa shape index (κ2) is 20.2. The number of nitrogen functional groups attached to an aromatic ring is 1. The fourth-order valence-corrected chi connectivity index (χ4v) is 9.93. The molecule has 62 heavy (non-hydrogen) atoms. The number of amides is 5. The van der Waals surface area contributed by atoms with Crippen LogP contribution in [0.1, 0.15) is 74.5 Å². The van der Waals surface area contributed by atoms with E-state index in [0.29, 0.717) is 76.8 Å². The molecule has 5 heterocycles. The second-order valence-corrected chi connectivity index (χ2v) is 17.6. The smallest absolute Gasteiger partial charge is 0.418 e. The average molecular weight is 888 g/mol. The van der Waals surface area contributed by atoms with E-state index in [1.807, 2.05) is 24.3 Å². The van der Waals surface area contributed by atoms with Gasteiger partial charge in [-0.1, -0.05) is 29.8 Å². The first-order valence-electron chi connectivity index (χ1n) is 21.9. The Morgan fingerprint density at radius 1 is 0.855 bits per heavy atom. The monoisotopic (exact) mass is 887 g/mol. The van der Waals surface area contributed by atoms with Gasteiger partial charge in [-0.2, -0.15) is 13.2 Å². The molecule has 0 aliphatic carbocycles. The van der Waals surface area contributed by atoms with Crippen LogP contribution < -0.4 is 11.1 Å². The molecular weight excluding hydrogens is 831 g/mol. The van der Waals surface area contributed by atoms with Crippen molar-refractivity contribution in [3.63, 3.8) is 0 Å². The summed E-state index contributed by atoms with van der Waals surface area (Å²) in [6.45, 7) is 5.54. The first-order valence-corrected chi connectivity index (χ1v) is 22.3. The van der Waals surface area contributed by atoms with E-state index in [4.69, 9.17) is 26.8 Å². The van der Waals surface area contributed by atoms with Gasteiger partial charge in [0.1, 0.15) is 6.61 Å². The van der Waals surface area contributed by atoms with E-state index in [-0.39, 0.29) is 67.1 Å². The van der Waals surface area contributed by atoms with E-state index in [1.54, 1.807) is 14.7 Å². The Morgan fingerprint density at radius 2 is 1.53 bits per heavy atom. The van der Waals surface area contributed by atoms with Gasteiger partial charge in [-0.3, -0.25) is 14.4 Å². The van der Waals surface area contributed by atoms with E-state index >= 15 is 0 Å². The van der Waals surface area contributed by atoms with Crippen molar-refractivity contribution in [1.82, 2.24) is 24.5 Å². The van der Waals surface area contributed by atoms with Gasteiger partial charge < -0.3 is 45.0 Å². The SMILES string of the molecule is Nc1c(Cl)cc(C[C@@H](OC(=O)N2CCC(N3CCc4ccccc4NC3=O)CC2)C(=O)N2CCC(C3CCN(CCC(=O)OCCN4CCCC4=O)CC3)CC2)cc1C(F)(F)F. The Kier molecular flexibility index (Phi) is 14.7. The van der Waals surface area contributed by atoms with Gasteiger partial charge in [-0.15, -0.1) is 0 Å². The number of nitrogens with zero attached hydrogens (tertiary/aromatic N) is 5. The molecule has 0 radical (unpaired) electrons. The minimum atomic E-state index is -4.79. The van der Waals surface area contributed by atoms with Crippen molar-refractivity contribution >= 4 is 52.9 Å². The molecule has 2 aromatic rings. The number of urea groups is 1. The summed E-state index contributed by atoms with van der Waals surface area (Å²) in [5, 5.41) is 2.68. The fourth-order valence-electron chi connectivity index (χ4n) is 9.69. The Morgan fingerprint density at radius 3 is 2.21 bits per heavy atom. The maximum atomic E-state index is 14.2. The van der Waals surface area contributed by atoms with Crippen molar-refractivity contribution in [1.29, 1.82) is 0 Å². The van der Waals surface area contributed by atoms with Crippen LogP contribution in [0.2, 0.25) is 5.02 Å². The molecule has 14 nitrogen and oxygen atoms in total. The molecule has 4 saturated heterocycles. The lowest BCUT2D eigenvalue weighted by Crippen LogP contribution is -2.52. The number of likely N-dealkylation sites (tertiary alicyclic amines) is 4. The van der Waals surface area contributed by atoms with Gasteiger partial charge in [0, 0.05) is 70.4 Å². The van der Waals surface area contributed by atoms with Gasteiger partial charge in [-0.25, -0.2) is 9.59 Å². The summed E-state index contributed by atoms with van der Waals surface area (Å²) < 4.78 is 53.1. The number of fused-ring (bicyclic) bond motifs is 1. The molecule has 3 N–H and O–H groups in total. The first kappa shape index (κ1) is 45.3. The number of hydrogen-bond acceptors (Lipinski definition) is 9. The summed E-state index contributed by atoms with van der Waals surface area (Å²) in [6, 6.07) is 9.47. The third kappa shape index (κ3) is 11.2. The highest BCUT2D eigenvalue weighted by Crippen LogP contribution is 2.39. The predicted molar refractivity (Wildman–Crippen MR) is 225 cm³/mol. The molecule has 0 unspecified atom stereocenters. The highest BCUT2D eigenvalue weighted by atomic mass is 35.5. The molecule has 0 aromatic heterocycles. The Balaban J connectivity index is 0.914. The van der Waals surface area contributed by atoms with Gasteiger partial charge in [0.2, 0.25) is 5.91 Å². The Hall–Kier alpha value is -4.77. The lowest BCUT2D eigenvalue weighted by Gasteiger charge is -2.41. The lowest BCUT2D eigenvalue weighted by atomic mass is 9.78. The second-order valence-electron chi connectivity index (χ2n) is 17.2. The quantitative estimate of drug-likeness (QED) is 0.191. The van der Waals surface area contributed by atoms with E-state index in [1.165, 1.54) is 11.0 Å². The number of alkyl halides is 3. The van der Waals surface area contributed by atoms with Crippen LogP contribution >= 0.6 is 11.6 Å². The van der Waals surface area contributed by atoms with Gasteiger partial charge in [0.05, 0.1) is 29.2 Å². The highest BCUT2D eigenvalue weighted by molar-refractivity contribution is 6.33. The van der Waals surface area contributed by atoms with E-state index in [9.17, 15) is 37.1 Å². The van der Waals surface area contributed by atoms with E-state index < -0.39 is 35.5 Å². The third-order valence-electron chi connectivity index (χ3n) is 13.3. The zero-order chi connectivity index (χ0) is 44.0. The zero-order valence-corrected chi connectivity index (χ0v) is 35.8. The number of nitrogens with one attached hydrogen (secondary N) is 1. The fraction of sp³-hybridized carbons (Fsp3) is 0.614. The molecule has 0 bridgehead atoms. The van der Waals surface area contributed by atoms with Gasteiger partial charge >= 0.3 is 24.3 Å². The van der Waals surface area contributed by atoms with Crippen LogP contribution in [-0.2, 0) is 42.9 Å². The molecule has 5 aliphatic heterocycles. The van der Waals surface area contributed by atoms with Crippen LogP contribution in [0.15, 0.2) is 36.4 Å². The van der Waals surface area contributed by atoms with E-state index in [2.05, 4.69) is 10.2 Å². The minimum absolute atomic E-state index is 0.0584. The third-order valence-corrected chi connectivity index (χ3v) is 13.6. The lowest BCUT2D eigenvalue weighted by molar-refractivity contribution is -0.146. The number of carbonyl (C=O) groups is 5. The number of carbonyl (C=O) groups excluding carboxylic acids is 5. The number of ether oxygens (including phenoxy) is 2. The number of rotatable bonds is 12.